The molecule has 1 unspecified atom stereocenters. The summed E-state index contributed by atoms with van der Waals surface area (Å²) in [7, 11) is 0. The lowest BCUT2D eigenvalue weighted by Gasteiger charge is -2.58. The van der Waals surface area contributed by atoms with Crippen LogP contribution in [-0.2, 0) is 10.3 Å². The SMILES string of the molecule is CC(CO)(c1ccccc1)N1CC2(CCOCC2)C1. The third-order valence-corrected chi connectivity index (χ3v) is 5.01. The van der Waals surface area contributed by atoms with E-state index in [-0.39, 0.29) is 12.1 Å². The van der Waals surface area contributed by atoms with Crippen LogP contribution in [0.2, 0.25) is 0 Å². The number of likely N-dealkylation sites (tertiary alicyclic amines) is 1. The van der Waals surface area contributed by atoms with Gasteiger partial charge in [0.2, 0.25) is 0 Å². The second-order valence-electron chi connectivity index (χ2n) is 6.27. The second-order valence-corrected chi connectivity index (χ2v) is 6.27. The van der Waals surface area contributed by atoms with Gasteiger partial charge in [-0.2, -0.15) is 0 Å². The normalized spacial score (nSPS) is 25.8. The van der Waals surface area contributed by atoms with Crippen molar-refractivity contribution in [2.75, 3.05) is 32.9 Å². The Balaban J connectivity index is 1.74. The van der Waals surface area contributed by atoms with Crippen LogP contribution in [0, 0.1) is 5.41 Å². The van der Waals surface area contributed by atoms with Crippen LogP contribution < -0.4 is 0 Å². The van der Waals surface area contributed by atoms with Crippen molar-refractivity contribution in [1.29, 1.82) is 0 Å². The summed E-state index contributed by atoms with van der Waals surface area (Å²) >= 11 is 0. The van der Waals surface area contributed by atoms with Crippen molar-refractivity contribution >= 4 is 0 Å². The molecule has 1 atom stereocenters. The molecule has 19 heavy (non-hydrogen) atoms. The highest BCUT2D eigenvalue weighted by atomic mass is 16.5. The summed E-state index contributed by atoms with van der Waals surface area (Å²) < 4.78 is 5.46. The maximum Gasteiger partial charge on any atom is 0.0665 e. The van der Waals surface area contributed by atoms with Crippen LogP contribution in [0.15, 0.2) is 30.3 Å². The molecule has 2 aliphatic rings. The van der Waals surface area contributed by atoms with Gasteiger partial charge in [0.15, 0.2) is 0 Å². The van der Waals surface area contributed by atoms with Crippen LogP contribution in [0.5, 0.6) is 0 Å². The van der Waals surface area contributed by atoms with Gasteiger partial charge in [-0.15, -0.1) is 0 Å². The van der Waals surface area contributed by atoms with Crippen molar-refractivity contribution in [2.45, 2.75) is 25.3 Å². The van der Waals surface area contributed by atoms with E-state index in [0.29, 0.717) is 5.41 Å². The highest BCUT2D eigenvalue weighted by Crippen LogP contribution is 2.45. The van der Waals surface area contributed by atoms with Gasteiger partial charge in [-0.3, -0.25) is 4.90 Å². The first-order valence-electron chi connectivity index (χ1n) is 7.18. The molecule has 104 valence electrons. The largest absolute Gasteiger partial charge is 0.394 e. The first kappa shape index (κ1) is 13.1. The van der Waals surface area contributed by atoms with Crippen LogP contribution in [0.3, 0.4) is 0 Å². The predicted molar refractivity (Wildman–Crippen MR) is 74.9 cm³/mol. The first-order valence-corrected chi connectivity index (χ1v) is 7.18. The zero-order valence-electron chi connectivity index (χ0n) is 11.6. The molecule has 2 aliphatic heterocycles. The van der Waals surface area contributed by atoms with Crippen LogP contribution in [0.25, 0.3) is 0 Å². The Morgan fingerprint density at radius 2 is 1.84 bits per heavy atom. The molecule has 1 aromatic carbocycles. The number of aliphatic hydroxyl groups is 1. The summed E-state index contributed by atoms with van der Waals surface area (Å²) in [6.45, 7) is 6.28. The molecule has 1 aromatic rings. The van der Waals surface area contributed by atoms with Crippen molar-refractivity contribution in [3.63, 3.8) is 0 Å². The highest BCUT2D eigenvalue weighted by molar-refractivity contribution is 5.25. The molecule has 3 rings (SSSR count). The Labute approximate surface area is 115 Å². The van der Waals surface area contributed by atoms with E-state index in [1.54, 1.807) is 0 Å². The fraction of sp³-hybridized carbons (Fsp3) is 0.625. The van der Waals surface area contributed by atoms with Gasteiger partial charge in [0.1, 0.15) is 0 Å². The van der Waals surface area contributed by atoms with Gasteiger partial charge in [-0.1, -0.05) is 30.3 Å². The Bertz CT molecular complexity index is 420. The monoisotopic (exact) mass is 261 g/mol. The van der Waals surface area contributed by atoms with Crippen LogP contribution in [0.1, 0.15) is 25.3 Å². The molecule has 1 N–H and O–H groups in total. The summed E-state index contributed by atoms with van der Waals surface area (Å²) in [5, 5.41) is 9.89. The average molecular weight is 261 g/mol. The Hall–Kier alpha value is -0.900. The van der Waals surface area contributed by atoms with Gasteiger partial charge < -0.3 is 9.84 Å². The molecule has 3 heteroatoms. The van der Waals surface area contributed by atoms with E-state index in [1.807, 2.05) is 18.2 Å². The van der Waals surface area contributed by atoms with E-state index in [2.05, 4.69) is 24.0 Å². The average Bonchev–Trinajstić information content (AvgIpc) is 2.46. The number of ether oxygens (including phenoxy) is 1. The maximum atomic E-state index is 9.89. The number of benzene rings is 1. The topological polar surface area (TPSA) is 32.7 Å². The van der Waals surface area contributed by atoms with Crippen LogP contribution in [-0.4, -0.2) is 42.9 Å². The van der Waals surface area contributed by atoms with E-state index >= 15 is 0 Å². The van der Waals surface area contributed by atoms with Gasteiger partial charge in [-0.05, 0) is 25.3 Å². The third kappa shape index (κ3) is 2.20. The Morgan fingerprint density at radius 3 is 2.42 bits per heavy atom. The molecule has 3 nitrogen and oxygen atoms in total. The third-order valence-electron chi connectivity index (χ3n) is 5.01. The Kier molecular flexibility index (Phi) is 3.37. The highest BCUT2D eigenvalue weighted by Gasteiger charge is 2.50. The molecular formula is C16H23NO2. The smallest absolute Gasteiger partial charge is 0.0665 e. The standard InChI is InChI=1S/C16H23NO2/c1-15(13-18,14-5-3-2-4-6-14)17-11-16(12-17)7-9-19-10-8-16/h2-6,18H,7-13H2,1H3. The van der Waals surface area contributed by atoms with E-state index in [1.165, 1.54) is 18.4 Å². The summed E-state index contributed by atoms with van der Waals surface area (Å²) in [6.07, 6.45) is 2.33. The lowest BCUT2D eigenvalue weighted by Crippen LogP contribution is -2.65. The molecule has 0 aliphatic carbocycles. The molecule has 0 saturated carbocycles. The molecule has 2 saturated heterocycles. The molecule has 0 amide bonds. The summed E-state index contributed by atoms with van der Waals surface area (Å²) in [5.74, 6) is 0. The Morgan fingerprint density at radius 1 is 1.21 bits per heavy atom. The van der Waals surface area contributed by atoms with Gasteiger partial charge >= 0.3 is 0 Å². The molecule has 0 bridgehead atoms. The van der Waals surface area contributed by atoms with Crippen molar-refractivity contribution in [3.8, 4) is 0 Å². The molecular weight excluding hydrogens is 238 g/mol. The number of aliphatic hydroxyl groups excluding tert-OH is 1. The molecule has 2 fully saturated rings. The van der Waals surface area contributed by atoms with Crippen molar-refractivity contribution in [3.05, 3.63) is 35.9 Å². The number of rotatable bonds is 3. The minimum Gasteiger partial charge on any atom is -0.394 e. The molecule has 0 radical (unpaired) electrons. The van der Waals surface area contributed by atoms with Crippen LogP contribution in [0.4, 0.5) is 0 Å². The summed E-state index contributed by atoms with van der Waals surface area (Å²) in [4.78, 5) is 2.42. The zero-order valence-corrected chi connectivity index (χ0v) is 11.6. The minimum atomic E-state index is -0.245. The van der Waals surface area contributed by atoms with E-state index in [4.69, 9.17) is 4.74 Å². The van der Waals surface area contributed by atoms with Gasteiger partial charge in [0.25, 0.3) is 0 Å². The van der Waals surface area contributed by atoms with Gasteiger partial charge in [-0.25, -0.2) is 0 Å². The molecule has 2 heterocycles. The van der Waals surface area contributed by atoms with E-state index in [0.717, 1.165) is 26.3 Å². The van der Waals surface area contributed by atoms with Crippen molar-refractivity contribution < 1.29 is 9.84 Å². The zero-order chi connectivity index (χ0) is 13.3. The molecule has 0 aromatic heterocycles. The van der Waals surface area contributed by atoms with Crippen LogP contribution >= 0.6 is 0 Å². The van der Waals surface area contributed by atoms with Crippen molar-refractivity contribution in [2.24, 2.45) is 5.41 Å². The fourth-order valence-corrected chi connectivity index (χ4v) is 3.40. The second kappa shape index (κ2) is 4.89. The van der Waals surface area contributed by atoms with E-state index in [9.17, 15) is 5.11 Å². The minimum absolute atomic E-state index is 0.170. The van der Waals surface area contributed by atoms with Crippen molar-refractivity contribution in [1.82, 2.24) is 4.90 Å². The first-order chi connectivity index (χ1) is 9.19. The van der Waals surface area contributed by atoms with E-state index < -0.39 is 0 Å². The maximum absolute atomic E-state index is 9.89. The summed E-state index contributed by atoms with van der Waals surface area (Å²) in [6, 6.07) is 10.4. The quantitative estimate of drug-likeness (QED) is 0.903. The fourth-order valence-electron chi connectivity index (χ4n) is 3.40. The number of nitrogens with zero attached hydrogens (tertiary/aromatic N) is 1. The summed E-state index contributed by atoms with van der Waals surface area (Å²) in [5.41, 5.74) is 1.41. The van der Waals surface area contributed by atoms with Gasteiger partial charge in [0.05, 0.1) is 12.1 Å². The van der Waals surface area contributed by atoms with Gasteiger partial charge in [0, 0.05) is 31.7 Å². The molecule has 1 spiro atoms. The number of hydrogen-bond acceptors (Lipinski definition) is 3. The lowest BCUT2D eigenvalue weighted by molar-refractivity contribution is -0.134. The number of hydrogen-bond donors (Lipinski definition) is 1. The predicted octanol–water partition coefficient (Wildman–Crippen LogP) is 2.01. The lowest BCUT2D eigenvalue weighted by atomic mass is 9.70.